The van der Waals surface area contributed by atoms with Crippen LogP contribution in [0.3, 0.4) is 0 Å². The maximum Gasteiger partial charge on any atom is 0.255 e. The Kier molecular flexibility index (Phi) is 6.54. The number of pyridine rings is 1. The smallest absolute Gasteiger partial charge is 0.255 e. The highest BCUT2D eigenvalue weighted by atomic mass is 19.1. The Hall–Kier alpha value is -3.54. The summed E-state index contributed by atoms with van der Waals surface area (Å²) in [4.78, 5) is 33.6. The van der Waals surface area contributed by atoms with E-state index in [-0.39, 0.29) is 17.6 Å². The normalized spacial score (nSPS) is 15.2. The molecule has 0 atom stereocenters. The molecule has 5 nitrogen and oxygen atoms in total. The van der Waals surface area contributed by atoms with Crippen LogP contribution in [-0.2, 0) is 11.2 Å². The number of rotatable bonds is 5. The molecule has 2 aromatic carbocycles. The second-order valence-corrected chi connectivity index (χ2v) is 8.87. The lowest BCUT2D eigenvalue weighted by Crippen LogP contribution is -2.51. The fraction of sp³-hybridized carbons (Fsp3) is 0.296. The molecule has 0 spiro atoms. The van der Waals surface area contributed by atoms with Gasteiger partial charge < -0.3 is 9.80 Å². The lowest BCUT2D eigenvalue weighted by Gasteiger charge is -2.42. The molecule has 1 aromatic heterocycles. The minimum Gasteiger partial charge on any atom is -0.348 e. The number of hydrogen-bond acceptors (Lipinski definition) is 3. The van der Waals surface area contributed by atoms with Crippen molar-refractivity contribution in [2.75, 3.05) is 27.2 Å². The van der Waals surface area contributed by atoms with E-state index in [1.807, 2.05) is 30.3 Å². The van der Waals surface area contributed by atoms with Crippen molar-refractivity contribution >= 4 is 11.8 Å². The molecule has 0 saturated carbocycles. The Morgan fingerprint density at radius 1 is 1.00 bits per heavy atom. The quantitative estimate of drug-likeness (QED) is 0.583. The maximum atomic E-state index is 14.1. The first-order chi connectivity index (χ1) is 15.9. The average Bonchev–Trinajstić information content (AvgIpc) is 2.85. The van der Waals surface area contributed by atoms with Crippen molar-refractivity contribution < 1.29 is 14.0 Å². The average molecular weight is 446 g/mol. The zero-order valence-corrected chi connectivity index (χ0v) is 19.0. The van der Waals surface area contributed by atoms with E-state index in [4.69, 9.17) is 0 Å². The molecule has 33 heavy (non-hydrogen) atoms. The molecule has 0 N–H and O–H groups in total. The number of likely N-dealkylation sites (tertiary alicyclic amines) is 1. The van der Waals surface area contributed by atoms with Crippen LogP contribution >= 0.6 is 0 Å². The molecule has 170 valence electrons. The highest BCUT2D eigenvalue weighted by Gasteiger charge is 2.43. The van der Waals surface area contributed by atoms with Gasteiger partial charge in [0.15, 0.2) is 0 Å². The van der Waals surface area contributed by atoms with Gasteiger partial charge in [-0.2, -0.15) is 0 Å². The predicted molar refractivity (Wildman–Crippen MR) is 126 cm³/mol. The maximum absolute atomic E-state index is 14.1. The monoisotopic (exact) mass is 445 g/mol. The van der Waals surface area contributed by atoms with E-state index in [2.05, 4.69) is 4.98 Å². The molecule has 1 aliphatic rings. The van der Waals surface area contributed by atoms with Crippen molar-refractivity contribution in [3.63, 3.8) is 0 Å². The van der Waals surface area contributed by atoms with Crippen LogP contribution in [-0.4, -0.2) is 53.8 Å². The highest BCUT2D eigenvalue weighted by Crippen LogP contribution is 2.38. The number of halogens is 1. The SMILES string of the molecule is CN(C)C(=O)C1(Cc2ccc(-c3ccccc3F)cc2)CCN(C(=O)c2cccnc2)CC1. The third kappa shape index (κ3) is 4.80. The molecule has 2 heterocycles. The lowest BCUT2D eigenvalue weighted by molar-refractivity contribution is -0.142. The van der Waals surface area contributed by atoms with Gasteiger partial charge in [-0.05, 0) is 48.6 Å². The number of carbonyl (C=O) groups is 2. The Morgan fingerprint density at radius 3 is 2.30 bits per heavy atom. The second kappa shape index (κ2) is 9.53. The van der Waals surface area contributed by atoms with E-state index >= 15 is 0 Å². The number of amides is 2. The van der Waals surface area contributed by atoms with Crippen LogP contribution in [0.4, 0.5) is 4.39 Å². The number of aromatic nitrogens is 1. The van der Waals surface area contributed by atoms with Crippen LogP contribution < -0.4 is 0 Å². The van der Waals surface area contributed by atoms with Crippen molar-refractivity contribution in [2.45, 2.75) is 19.3 Å². The topological polar surface area (TPSA) is 53.5 Å². The molecule has 0 aliphatic carbocycles. The fourth-order valence-corrected chi connectivity index (χ4v) is 4.64. The summed E-state index contributed by atoms with van der Waals surface area (Å²) >= 11 is 0. The summed E-state index contributed by atoms with van der Waals surface area (Å²) in [5.41, 5.74) is 2.38. The molecule has 4 rings (SSSR count). The Morgan fingerprint density at radius 2 is 1.70 bits per heavy atom. The van der Waals surface area contributed by atoms with Gasteiger partial charge in [-0.3, -0.25) is 14.6 Å². The van der Waals surface area contributed by atoms with Crippen LogP contribution in [0.15, 0.2) is 73.1 Å². The first-order valence-electron chi connectivity index (χ1n) is 11.1. The van der Waals surface area contributed by atoms with Crippen LogP contribution in [0, 0.1) is 11.2 Å². The molecule has 0 unspecified atom stereocenters. The summed E-state index contributed by atoms with van der Waals surface area (Å²) in [5.74, 6) is -0.229. The van der Waals surface area contributed by atoms with E-state index in [1.54, 1.807) is 60.6 Å². The van der Waals surface area contributed by atoms with Crippen molar-refractivity contribution in [2.24, 2.45) is 5.41 Å². The second-order valence-electron chi connectivity index (χ2n) is 8.87. The lowest BCUT2D eigenvalue weighted by atomic mass is 9.72. The van der Waals surface area contributed by atoms with E-state index in [1.165, 1.54) is 6.07 Å². The Bertz CT molecular complexity index is 1120. The molecule has 0 bridgehead atoms. The number of nitrogens with zero attached hydrogens (tertiary/aromatic N) is 3. The van der Waals surface area contributed by atoms with Crippen molar-refractivity contribution in [1.82, 2.24) is 14.8 Å². The van der Waals surface area contributed by atoms with Gasteiger partial charge in [0, 0.05) is 45.1 Å². The predicted octanol–water partition coefficient (Wildman–Crippen LogP) is 4.44. The van der Waals surface area contributed by atoms with Crippen molar-refractivity contribution in [1.29, 1.82) is 0 Å². The molecule has 1 fully saturated rings. The first-order valence-corrected chi connectivity index (χ1v) is 11.1. The number of hydrogen-bond donors (Lipinski definition) is 0. The first kappa shape index (κ1) is 22.6. The minimum atomic E-state index is -0.575. The van der Waals surface area contributed by atoms with Crippen LogP contribution in [0.1, 0.15) is 28.8 Å². The van der Waals surface area contributed by atoms with Crippen LogP contribution in [0.5, 0.6) is 0 Å². The van der Waals surface area contributed by atoms with Gasteiger partial charge in [-0.25, -0.2) is 4.39 Å². The Balaban J connectivity index is 1.52. The van der Waals surface area contributed by atoms with Gasteiger partial charge >= 0.3 is 0 Å². The largest absolute Gasteiger partial charge is 0.348 e. The van der Waals surface area contributed by atoms with Gasteiger partial charge in [0.05, 0.1) is 11.0 Å². The molecule has 0 radical (unpaired) electrons. The van der Waals surface area contributed by atoms with Crippen molar-refractivity contribution in [3.8, 4) is 11.1 Å². The molecule has 3 aromatic rings. The molecular weight excluding hydrogens is 417 g/mol. The van der Waals surface area contributed by atoms with Gasteiger partial charge in [-0.1, -0.05) is 42.5 Å². The third-order valence-electron chi connectivity index (χ3n) is 6.46. The fourth-order valence-electron chi connectivity index (χ4n) is 4.64. The molecule has 1 saturated heterocycles. The van der Waals surface area contributed by atoms with Gasteiger partial charge in [-0.15, -0.1) is 0 Å². The number of benzene rings is 2. The molecule has 2 amide bonds. The van der Waals surface area contributed by atoms with Gasteiger partial charge in [0.1, 0.15) is 5.82 Å². The standard InChI is InChI=1S/C27H28FN3O2/c1-30(2)26(33)27(13-16-31(17-14-27)25(32)22-6-5-15-29-19-22)18-20-9-11-21(12-10-20)23-7-3-4-8-24(23)28/h3-12,15,19H,13-14,16-18H2,1-2H3. The molecule has 1 aliphatic heterocycles. The number of carbonyl (C=O) groups excluding carboxylic acids is 2. The van der Waals surface area contributed by atoms with E-state index < -0.39 is 5.41 Å². The molecule has 6 heteroatoms. The third-order valence-corrected chi connectivity index (χ3v) is 6.46. The summed E-state index contributed by atoms with van der Waals surface area (Å²) in [7, 11) is 3.55. The van der Waals surface area contributed by atoms with E-state index in [0.29, 0.717) is 43.5 Å². The molecular formula is C27H28FN3O2. The summed E-state index contributed by atoms with van der Waals surface area (Å²) < 4.78 is 14.1. The minimum absolute atomic E-state index is 0.0526. The number of piperidine rings is 1. The van der Waals surface area contributed by atoms with Gasteiger partial charge in [0.25, 0.3) is 5.91 Å². The van der Waals surface area contributed by atoms with Crippen molar-refractivity contribution in [3.05, 3.63) is 90.0 Å². The summed E-state index contributed by atoms with van der Waals surface area (Å²) in [6, 6.07) is 18.0. The van der Waals surface area contributed by atoms with Crippen LogP contribution in [0.25, 0.3) is 11.1 Å². The Labute approximate surface area is 193 Å². The zero-order chi connectivity index (χ0) is 23.4. The highest BCUT2D eigenvalue weighted by molar-refractivity contribution is 5.94. The zero-order valence-electron chi connectivity index (χ0n) is 19.0. The van der Waals surface area contributed by atoms with E-state index in [9.17, 15) is 14.0 Å². The van der Waals surface area contributed by atoms with Gasteiger partial charge in [0.2, 0.25) is 5.91 Å². The van der Waals surface area contributed by atoms with Crippen LogP contribution in [0.2, 0.25) is 0 Å². The van der Waals surface area contributed by atoms with E-state index in [0.717, 1.165) is 11.1 Å². The summed E-state index contributed by atoms with van der Waals surface area (Å²) in [6.45, 7) is 1.03. The summed E-state index contributed by atoms with van der Waals surface area (Å²) in [6.07, 6.45) is 4.98. The summed E-state index contributed by atoms with van der Waals surface area (Å²) in [5, 5.41) is 0.